The van der Waals surface area contributed by atoms with E-state index in [1.807, 2.05) is 26.2 Å². The summed E-state index contributed by atoms with van der Waals surface area (Å²) in [5.74, 6) is -0.910. The molecule has 0 atom stereocenters. The number of carbonyl (C=O) groups is 1. The Morgan fingerprint density at radius 1 is 1.09 bits per heavy atom. The second-order valence-corrected chi connectivity index (χ2v) is 5.63. The van der Waals surface area contributed by atoms with Gasteiger partial charge in [-0.05, 0) is 48.0 Å². The Bertz CT molecular complexity index is 734. The summed E-state index contributed by atoms with van der Waals surface area (Å²) in [6.07, 6.45) is 2.09. The number of nitrogens with zero attached hydrogens (tertiary/aromatic N) is 2. The molecule has 0 amide bonds. The zero-order valence-corrected chi connectivity index (χ0v) is 13.2. The van der Waals surface area contributed by atoms with Gasteiger partial charge in [0.15, 0.2) is 0 Å². The number of carboxylic acid groups (broad SMARTS) is 1. The summed E-state index contributed by atoms with van der Waals surface area (Å²) in [7, 11) is 4.03. The molecule has 2 aromatic carbocycles. The van der Waals surface area contributed by atoms with E-state index in [9.17, 15) is 4.79 Å². The minimum atomic E-state index is -0.910. The predicted octanol–water partition coefficient (Wildman–Crippen LogP) is 2.82. The van der Waals surface area contributed by atoms with E-state index in [4.69, 9.17) is 5.11 Å². The molecule has 5 nitrogen and oxygen atoms in total. The standard InChI is InChI=1S/C18H19N3O2/c1-20(2)15-7-9-16(10-8-15)21-12-11-17(19-21)13-3-5-14(6-4-13)18(22)23/h3-11,19H,12H2,1-2H3,(H,22,23). The average molecular weight is 309 g/mol. The number of hydrogen-bond donors (Lipinski definition) is 2. The lowest BCUT2D eigenvalue weighted by molar-refractivity contribution is 0.0697. The van der Waals surface area contributed by atoms with Crippen molar-refractivity contribution in [3.8, 4) is 0 Å². The van der Waals surface area contributed by atoms with Crippen LogP contribution in [0, 0.1) is 0 Å². The van der Waals surface area contributed by atoms with Gasteiger partial charge in [0.25, 0.3) is 0 Å². The summed E-state index contributed by atoms with van der Waals surface area (Å²) >= 11 is 0. The van der Waals surface area contributed by atoms with Gasteiger partial charge >= 0.3 is 5.97 Å². The molecular weight excluding hydrogens is 290 g/mol. The van der Waals surface area contributed by atoms with Gasteiger partial charge in [0.1, 0.15) is 0 Å². The molecule has 1 aliphatic heterocycles. The van der Waals surface area contributed by atoms with E-state index in [0.717, 1.165) is 29.2 Å². The average Bonchev–Trinajstić information content (AvgIpc) is 3.05. The van der Waals surface area contributed by atoms with E-state index in [1.54, 1.807) is 12.1 Å². The maximum atomic E-state index is 10.9. The van der Waals surface area contributed by atoms with Crippen molar-refractivity contribution in [3.63, 3.8) is 0 Å². The molecule has 0 spiro atoms. The normalized spacial score (nSPS) is 13.5. The van der Waals surface area contributed by atoms with Crippen molar-refractivity contribution in [1.29, 1.82) is 0 Å². The Balaban J connectivity index is 1.71. The van der Waals surface area contributed by atoms with Gasteiger partial charge in [-0.1, -0.05) is 12.1 Å². The van der Waals surface area contributed by atoms with Crippen molar-refractivity contribution >= 4 is 23.0 Å². The molecule has 118 valence electrons. The second kappa shape index (κ2) is 6.04. The Morgan fingerprint density at radius 3 is 2.30 bits per heavy atom. The Labute approximate surface area is 135 Å². The first kappa shape index (κ1) is 15.0. The molecule has 0 bridgehead atoms. The molecule has 2 aromatic rings. The maximum Gasteiger partial charge on any atom is 0.335 e. The van der Waals surface area contributed by atoms with E-state index < -0.39 is 5.97 Å². The molecule has 5 heteroatoms. The van der Waals surface area contributed by atoms with Crippen molar-refractivity contribution < 1.29 is 9.90 Å². The predicted molar refractivity (Wildman–Crippen MR) is 92.6 cm³/mol. The Hall–Kier alpha value is -2.95. The van der Waals surface area contributed by atoms with Gasteiger partial charge < -0.3 is 10.0 Å². The van der Waals surface area contributed by atoms with Gasteiger partial charge in [0, 0.05) is 19.8 Å². The minimum Gasteiger partial charge on any atom is -0.478 e. The lowest BCUT2D eigenvalue weighted by Gasteiger charge is -2.22. The van der Waals surface area contributed by atoms with Crippen LogP contribution in [0.4, 0.5) is 11.4 Å². The first-order chi connectivity index (χ1) is 11.0. The van der Waals surface area contributed by atoms with Gasteiger partial charge in [-0.15, -0.1) is 0 Å². The Morgan fingerprint density at radius 2 is 1.74 bits per heavy atom. The van der Waals surface area contributed by atoms with Crippen molar-refractivity contribution in [3.05, 3.63) is 65.7 Å². The molecule has 2 N–H and O–H groups in total. The van der Waals surface area contributed by atoms with Crippen molar-refractivity contribution in [2.45, 2.75) is 0 Å². The number of nitrogens with one attached hydrogen (secondary N) is 1. The first-order valence-electron chi connectivity index (χ1n) is 7.40. The molecule has 23 heavy (non-hydrogen) atoms. The fraction of sp³-hybridized carbons (Fsp3) is 0.167. The highest BCUT2D eigenvalue weighted by molar-refractivity contribution is 5.88. The molecular formula is C18H19N3O2. The van der Waals surface area contributed by atoms with E-state index in [0.29, 0.717) is 5.56 Å². The van der Waals surface area contributed by atoms with Crippen LogP contribution in [0.5, 0.6) is 0 Å². The third kappa shape index (κ3) is 3.13. The van der Waals surface area contributed by atoms with Crippen LogP contribution < -0.4 is 15.3 Å². The van der Waals surface area contributed by atoms with E-state index in [2.05, 4.69) is 45.7 Å². The van der Waals surface area contributed by atoms with Crippen LogP contribution in [-0.4, -0.2) is 31.7 Å². The number of aromatic carboxylic acids is 1. The molecule has 0 aromatic heterocycles. The first-order valence-corrected chi connectivity index (χ1v) is 7.40. The minimum absolute atomic E-state index is 0.295. The van der Waals surface area contributed by atoms with Crippen LogP contribution in [0.3, 0.4) is 0 Å². The molecule has 0 fully saturated rings. The van der Waals surface area contributed by atoms with E-state index in [-0.39, 0.29) is 0 Å². The quantitative estimate of drug-likeness (QED) is 0.909. The van der Waals surface area contributed by atoms with Crippen LogP contribution >= 0.6 is 0 Å². The zero-order chi connectivity index (χ0) is 16.4. The van der Waals surface area contributed by atoms with Crippen LogP contribution in [0.15, 0.2) is 54.6 Å². The summed E-state index contributed by atoms with van der Waals surface area (Å²) in [5.41, 5.74) is 7.85. The van der Waals surface area contributed by atoms with Crippen LogP contribution in [0.2, 0.25) is 0 Å². The second-order valence-electron chi connectivity index (χ2n) is 5.63. The van der Waals surface area contributed by atoms with Gasteiger partial charge in [-0.2, -0.15) is 0 Å². The van der Waals surface area contributed by atoms with Crippen LogP contribution in [0.1, 0.15) is 15.9 Å². The summed E-state index contributed by atoms with van der Waals surface area (Å²) < 4.78 is 0. The molecule has 0 radical (unpaired) electrons. The number of hydrogen-bond acceptors (Lipinski definition) is 4. The van der Waals surface area contributed by atoms with Crippen molar-refractivity contribution in [2.75, 3.05) is 30.5 Å². The fourth-order valence-corrected chi connectivity index (χ4v) is 2.49. The number of anilines is 2. The molecule has 3 rings (SSSR count). The molecule has 0 aliphatic carbocycles. The molecule has 0 saturated carbocycles. The molecule has 1 aliphatic rings. The number of benzene rings is 2. The number of hydrazine groups is 1. The van der Waals surface area contributed by atoms with E-state index in [1.165, 1.54) is 0 Å². The maximum absolute atomic E-state index is 10.9. The topological polar surface area (TPSA) is 55.8 Å². The van der Waals surface area contributed by atoms with E-state index >= 15 is 0 Å². The lowest BCUT2D eigenvalue weighted by atomic mass is 10.1. The third-order valence-corrected chi connectivity index (χ3v) is 3.85. The van der Waals surface area contributed by atoms with Crippen LogP contribution in [0.25, 0.3) is 5.70 Å². The Kier molecular flexibility index (Phi) is 3.93. The fourth-order valence-electron chi connectivity index (χ4n) is 2.49. The SMILES string of the molecule is CN(C)c1ccc(N2CC=C(c3ccc(C(=O)O)cc3)N2)cc1. The number of carboxylic acids is 1. The van der Waals surface area contributed by atoms with Gasteiger partial charge in [-0.25, -0.2) is 4.79 Å². The summed E-state index contributed by atoms with van der Waals surface area (Å²) in [6, 6.07) is 15.2. The van der Waals surface area contributed by atoms with Crippen molar-refractivity contribution in [1.82, 2.24) is 5.43 Å². The lowest BCUT2D eigenvalue weighted by Crippen LogP contribution is -2.31. The van der Waals surface area contributed by atoms with Gasteiger partial charge in [-0.3, -0.25) is 10.4 Å². The summed E-state index contributed by atoms with van der Waals surface area (Å²) in [4.78, 5) is 13.0. The molecule has 0 saturated heterocycles. The highest BCUT2D eigenvalue weighted by atomic mass is 16.4. The summed E-state index contributed by atoms with van der Waals surface area (Å²) in [5, 5.41) is 11.0. The van der Waals surface area contributed by atoms with Gasteiger partial charge in [0.05, 0.1) is 23.5 Å². The van der Waals surface area contributed by atoms with Crippen LogP contribution in [-0.2, 0) is 0 Å². The number of rotatable bonds is 4. The summed E-state index contributed by atoms with van der Waals surface area (Å²) in [6.45, 7) is 0.761. The zero-order valence-electron chi connectivity index (χ0n) is 13.2. The third-order valence-electron chi connectivity index (χ3n) is 3.85. The monoisotopic (exact) mass is 309 g/mol. The smallest absolute Gasteiger partial charge is 0.335 e. The van der Waals surface area contributed by atoms with Gasteiger partial charge in [0.2, 0.25) is 0 Å². The molecule has 1 heterocycles. The highest BCUT2D eigenvalue weighted by Crippen LogP contribution is 2.24. The molecule has 0 unspecified atom stereocenters. The largest absolute Gasteiger partial charge is 0.478 e. The van der Waals surface area contributed by atoms with Crippen molar-refractivity contribution in [2.24, 2.45) is 0 Å². The highest BCUT2D eigenvalue weighted by Gasteiger charge is 2.15.